The molecule has 11 unspecified atom stereocenters. The Labute approximate surface area is 198 Å². The average Bonchev–Trinajstić information content (AvgIpc) is 2.75. The van der Waals surface area contributed by atoms with Crippen LogP contribution in [-0.4, -0.2) is 22.9 Å². The zero-order chi connectivity index (χ0) is 23.4. The zero-order valence-corrected chi connectivity index (χ0v) is 22.3. The highest BCUT2D eigenvalue weighted by atomic mass is 16.3. The highest BCUT2D eigenvalue weighted by molar-refractivity contribution is 5.19. The molecule has 11 atom stereocenters. The summed E-state index contributed by atoms with van der Waals surface area (Å²) in [6, 6.07) is 0. The van der Waals surface area contributed by atoms with E-state index in [1.807, 2.05) is 0 Å². The van der Waals surface area contributed by atoms with Gasteiger partial charge in [0.1, 0.15) is 0 Å². The number of rotatable bonds is 1. The molecule has 0 aromatic heterocycles. The second-order valence-corrected chi connectivity index (χ2v) is 15.3. The highest BCUT2D eigenvalue weighted by Gasteiger charge is 2.70. The maximum absolute atomic E-state index is 10.8. The van der Waals surface area contributed by atoms with Gasteiger partial charge in [0.15, 0.2) is 0 Å². The van der Waals surface area contributed by atoms with Crippen LogP contribution in [0.15, 0.2) is 0 Å². The van der Waals surface area contributed by atoms with Gasteiger partial charge in [0.2, 0.25) is 0 Å². The van der Waals surface area contributed by atoms with E-state index in [1.165, 1.54) is 64.2 Å². The molecule has 2 nitrogen and oxygen atoms in total. The topological polar surface area (TPSA) is 40.5 Å². The molecule has 5 fully saturated rings. The molecule has 0 amide bonds. The van der Waals surface area contributed by atoms with Gasteiger partial charge in [-0.2, -0.15) is 0 Å². The summed E-state index contributed by atoms with van der Waals surface area (Å²) in [6.07, 6.45) is 14.0. The van der Waals surface area contributed by atoms with Crippen LogP contribution >= 0.6 is 0 Å². The fraction of sp³-hybridized carbons (Fsp3) is 1.00. The Balaban J connectivity index is 1.53. The first-order valence-electron chi connectivity index (χ1n) is 14.1. The lowest BCUT2D eigenvalue weighted by Crippen LogP contribution is -2.68. The van der Waals surface area contributed by atoms with Gasteiger partial charge in [-0.3, -0.25) is 0 Å². The van der Waals surface area contributed by atoms with E-state index in [-0.39, 0.29) is 11.5 Å². The lowest BCUT2D eigenvalue weighted by Gasteiger charge is -2.75. The normalized spacial score (nSPS) is 62.3. The van der Waals surface area contributed by atoms with Crippen molar-refractivity contribution in [2.45, 2.75) is 125 Å². The van der Waals surface area contributed by atoms with Gasteiger partial charge in [0, 0.05) is 6.61 Å². The van der Waals surface area contributed by atoms with E-state index in [4.69, 9.17) is 0 Å². The van der Waals surface area contributed by atoms with Crippen LogP contribution in [0.25, 0.3) is 0 Å². The third-order valence-electron chi connectivity index (χ3n) is 14.2. The van der Waals surface area contributed by atoms with E-state index in [0.717, 1.165) is 24.2 Å². The molecule has 2 heteroatoms. The molecule has 0 spiro atoms. The molecule has 0 radical (unpaired) electrons. The van der Waals surface area contributed by atoms with Crippen molar-refractivity contribution >= 4 is 0 Å². The van der Waals surface area contributed by atoms with Crippen LogP contribution < -0.4 is 0 Å². The standard InChI is InChI=1S/C30H52O2/c1-20-21(32)8-9-22-27(20,4)11-10-23-28(22,5)15-17-30(7)24-18-25(2,19-31)12-13-26(24,3)14-16-29(23,30)6/h20-24,31-32H,8-19H2,1-7H3. The van der Waals surface area contributed by atoms with E-state index in [2.05, 4.69) is 48.5 Å². The molecule has 0 aromatic rings. The molecule has 5 rings (SSSR count). The van der Waals surface area contributed by atoms with Gasteiger partial charge >= 0.3 is 0 Å². The maximum Gasteiger partial charge on any atom is 0.0571 e. The molecule has 5 saturated carbocycles. The molecule has 5 aliphatic rings. The Kier molecular flexibility index (Phi) is 5.17. The summed E-state index contributed by atoms with van der Waals surface area (Å²) in [6.45, 7) is 18.3. The predicted molar refractivity (Wildman–Crippen MR) is 132 cm³/mol. The molecule has 0 aliphatic heterocycles. The van der Waals surface area contributed by atoms with E-state index in [9.17, 15) is 10.2 Å². The summed E-state index contributed by atoms with van der Waals surface area (Å²) in [5.41, 5.74) is 2.08. The third kappa shape index (κ3) is 2.78. The van der Waals surface area contributed by atoms with Gasteiger partial charge in [0.05, 0.1) is 6.10 Å². The summed E-state index contributed by atoms with van der Waals surface area (Å²) in [4.78, 5) is 0. The first-order valence-corrected chi connectivity index (χ1v) is 14.1. The van der Waals surface area contributed by atoms with Crippen LogP contribution in [0.4, 0.5) is 0 Å². The smallest absolute Gasteiger partial charge is 0.0571 e. The van der Waals surface area contributed by atoms with Crippen molar-refractivity contribution in [1.29, 1.82) is 0 Å². The maximum atomic E-state index is 10.8. The summed E-state index contributed by atoms with van der Waals surface area (Å²) in [7, 11) is 0. The minimum Gasteiger partial charge on any atom is -0.396 e. The zero-order valence-electron chi connectivity index (χ0n) is 22.3. The second-order valence-electron chi connectivity index (χ2n) is 15.3. The SMILES string of the molecule is CC1C(O)CCC2C1(C)CCC1C2(C)CCC2(C)C3CC(C)(CO)CCC3(C)CCC12C. The number of aliphatic hydroxyl groups excluding tert-OH is 2. The quantitative estimate of drug-likeness (QED) is 0.448. The highest BCUT2D eigenvalue weighted by Crippen LogP contribution is 2.78. The summed E-state index contributed by atoms with van der Waals surface area (Å²) >= 11 is 0. The first-order chi connectivity index (χ1) is 14.8. The molecular weight excluding hydrogens is 392 g/mol. The molecule has 0 aromatic carbocycles. The number of aliphatic hydroxyl groups is 2. The van der Waals surface area contributed by atoms with E-state index in [0.29, 0.717) is 39.6 Å². The Hall–Kier alpha value is -0.0800. The minimum atomic E-state index is -0.102. The molecule has 2 N–H and O–H groups in total. The third-order valence-corrected chi connectivity index (χ3v) is 14.2. The fourth-order valence-corrected chi connectivity index (χ4v) is 11.4. The lowest BCUT2D eigenvalue weighted by atomic mass is 9.30. The van der Waals surface area contributed by atoms with Crippen molar-refractivity contribution in [3.63, 3.8) is 0 Å². The van der Waals surface area contributed by atoms with Crippen molar-refractivity contribution in [2.75, 3.05) is 6.61 Å². The summed E-state index contributed by atoms with van der Waals surface area (Å²) in [5.74, 6) is 2.74. The molecule has 184 valence electrons. The van der Waals surface area contributed by atoms with Crippen molar-refractivity contribution < 1.29 is 10.2 Å². The van der Waals surface area contributed by atoms with Crippen LogP contribution in [0.5, 0.6) is 0 Å². The van der Waals surface area contributed by atoms with Gasteiger partial charge in [-0.05, 0) is 127 Å². The van der Waals surface area contributed by atoms with Crippen LogP contribution in [0.2, 0.25) is 0 Å². The molecule has 0 bridgehead atoms. The van der Waals surface area contributed by atoms with Gasteiger partial charge < -0.3 is 10.2 Å². The van der Waals surface area contributed by atoms with E-state index < -0.39 is 0 Å². The Morgan fingerprint density at radius 3 is 1.97 bits per heavy atom. The van der Waals surface area contributed by atoms with Gasteiger partial charge in [-0.25, -0.2) is 0 Å². The van der Waals surface area contributed by atoms with Gasteiger partial charge in [-0.15, -0.1) is 0 Å². The van der Waals surface area contributed by atoms with Crippen molar-refractivity contribution in [3.05, 3.63) is 0 Å². The van der Waals surface area contributed by atoms with Crippen LogP contribution in [-0.2, 0) is 0 Å². The van der Waals surface area contributed by atoms with Crippen molar-refractivity contribution in [3.8, 4) is 0 Å². The second kappa shape index (κ2) is 6.99. The average molecular weight is 445 g/mol. The minimum absolute atomic E-state index is 0.102. The Bertz CT molecular complexity index is 764. The molecule has 32 heavy (non-hydrogen) atoms. The van der Waals surface area contributed by atoms with Crippen molar-refractivity contribution in [2.24, 2.45) is 56.2 Å². The van der Waals surface area contributed by atoms with Crippen LogP contribution in [0.3, 0.4) is 0 Å². The monoisotopic (exact) mass is 444 g/mol. The number of hydrogen-bond acceptors (Lipinski definition) is 2. The Morgan fingerprint density at radius 1 is 0.656 bits per heavy atom. The van der Waals surface area contributed by atoms with E-state index in [1.54, 1.807) is 0 Å². The largest absolute Gasteiger partial charge is 0.396 e. The van der Waals surface area contributed by atoms with Crippen LogP contribution in [0, 0.1) is 56.2 Å². The fourth-order valence-electron chi connectivity index (χ4n) is 11.4. The molecule has 0 heterocycles. The van der Waals surface area contributed by atoms with Crippen LogP contribution in [0.1, 0.15) is 119 Å². The Morgan fingerprint density at radius 2 is 1.28 bits per heavy atom. The van der Waals surface area contributed by atoms with Gasteiger partial charge in [0.25, 0.3) is 0 Å². The number of fused-ring (bicyclic) bond motifs is 7. The van der Waals surface area contributed by atoms with Gasteiger partial charge in [-0.1, -0.05) is 48.5 Å². The molecule has 0 saturated heterocycles. The summed E-state index contributed by atoms with van der Waals surface area (Å²) < 4.78 is 0. The lowest BCUT2D eigenvalue weighted by molar-refractivity contribution is -0.264. The predicted octanol–water partition coefficient (Wildman–Crippen LogP) is 7.22. The first kappa shape index (κ1) is 23.7. The summed E-state index contributed by atoms with van der Waals surface area (Å²) in [5, 5.41) is 21.0. The van der Waals surface area contributed by atoms with Crippen molar-refractivity contribution in [1.82, 2.24) is 0 Å². The number of hydrogen-bond donors (Lipinski definition) is 2. The molecular formula is C30H52O2. The van der Waals surface area contributed by atoms with E-state index >= 15 is 0 Å². The molecule has 5 aliphatic carbocycles.